The minimum absolute atomic E-state index is 0.0845. The summed E-state index contributed by atoms with van der Waals surface area (Å²) in [6.07, 6.45) is 2.88. The first kappa shape index (κ1) is 16.6. The van der Waals surface area contributed by atoms with Crippen LogP contribution < -0.4 is 5.73 Å². The van der Waals surface area contributed by atoms with Gasteiger partial charge in [0.2, 0.25) is 5.78 Å². The number of halogens is 2. The summed E-state index contributed by atoms with van der Waals surface area (Å²) in [5, 5.41) is 0.412. The first-order chi connectivity index (χ1) is 12.0. The molecule has 0 saturated carbocycles. The average molecular weight is 341 g/mol. The van der Waals surface area contributed by atoms with E-state index in [4.69, 9.17) is 10.5 Å². The van der Waals surface area contributed by atoms with Gasteiger partial charge in [-0.15, -0.1) is 0 Å². The number of nitrogens with one attached hydrogen (secondary N) is 1. The Labute approximate surface area is 141 Å². The summed E-state index contributed by atoms with van der Waals surface area (Å²) in [7, 11) is 1.52. The third-order valence-corrected chi connectivity index (χ3v) is 3.57. The third kappa shape index (κ3) is 3.07. The number of nitrogen functional groups attached to an aromatic ring is 1. The number of methoxy groups -OCH3 is 1. The van der Waals surface area contributed by atoms with Gasteiger partial charge >= 0.3 is 0 Å². The molecule has 25 heavy (non-hydrogen) atoms. The molecule has 0 bridgehead atoms. The summed E-state index contributed by atoms with van der Waals surface area (Å²) in [6, 6.07) is 3.65. The second-order valence-electron chi connectivity index (χ2n) is 5.21. The number of anilines is 1. The van der Waals surface area contributed by atoms with Crippen LogP contribution in [0.2, 0.25) is 0 Å². The Hall–Kier alpha value is -3.24. The molecular weight excluding hydrogens is 328 g/mol. The van der Waals surface area contributed by atoms with E-state index in [2.05, 4.69) is 21.8 Å². The molecule has 5 nitrogen and oxygen atoms in total. The fraction of sp³-hybridized carbons (Fsp3) is 0.111. The number of H-pyrrole nitrogens is 1. The Kier molecular flexibility index (Phi) is 4.46. The first-order valence-corrected chi connectivity index (χ1v) is 7.26. The summed E-state index contributed by atoms with van der Waals surface area (Å²) in [5.41, 5.74) is 5.49. The Morgan fingerprint density at radius 2 is 2.20 bits per heavy atom. The average Bonchev–Trinajstić information content (AvgIpc) is 3.02. The first-order valence-electron chi connectivity index (χ1n) is 7.26. The fourth-order valence-electron chi connectivity index (χ4n) is 2.38. The van der Waals surface area contributed by atoms with Crippen LogP contribution in [0, 0.1) is 23.5 Å². The molecule has 0 unspecified atom stereocenters. The van der Waals surface area contributed by atoms with Gasteiger partial charge in [0.15, 0.2) is 5.82 Å². The number of carbonyl (C=O) groups is 1. The smallest absolute Gasteiger partial charge is 0.201 e. The maximum absolute atomic E-state index is 14.1. The molecule has 0 aliphatic carbocycles. The van der Waals surface area contributed by atoms with Crippen molar-refractivity contribution in [3.8, 4) is 11.8 Å². The number of benzene rings is 1. The number of carbonyl (C=O) groups excluding carboxylic acids is 1. The van der Waals surface area contributed by atoms with Crippen molar-refractivity contribution in [3.63, 3.8) is 0 Å². The fourth-order valence-corrected chi connectivity index (χ4v) is 2.38. The molecule has 0 spiro atoms. The molecule has 3 N–H and O–H groups in total. The van der Waals surface area contributed by atoms with Crippen LogP contribution in [0.25, 0.3) is 11.0 Å². The van der Waals surface area contributed by atoms with Crippen molar-refractivity contribution in [1.82, 2.24) is 9.97 Å². The second kappa shape index (κ2) is 6.71. The van der Waals surface area contributed by atoms with Crippen LogP contribution in [0.4, 0.5) is 14.5 Å². The number of nitrogens with two attached hydrogens (primary N) is 1. The summed E-state index contributed by atoms with van der Waals surface area (Å²) in [4.78, 5) is 19.6. The normalized spacial score (nSPS) is 10.5. The number of ketones is 1. The van der Waals surface area contributed by atoms with E-state index < -0.39 is 23.0 Å². The van der Waals surface area contributed by atoms with Gasteiger partial charge in [-0.25, -0.2) is 13.8 Å². The van der Waals surface area contributed by atoms with E-state index in [1.807, 2.05) is 0 Å². The highest BCUT2D eigenvalue weighted by atomic mass is 19.1. The van der Waals surface area contributed by atoms with Gasteiger partial charge in [-0.2, -0.15) is 0 Å². The molecule has 0 saturated heterocycles. The van der Waals surface area contributed by atoms with Gasteiger partial charge < -0.3 is 15.5 Å². The SMILES string of the molecule is COCC#Cc1cnc2[nH]cc(C(=O)c3c(F)ccc(N)c3F)c2c1. The molecule has 0 atom stereocenters. The molecule has 2 heterocycles. The van der Waals surface area contributed by atoms with Crippen LogP contribution >= 0.6 is 0 Å². The van der Waals surface area contributed by atoms with E-state index in [1.165, 1.54) is 19.5 Å². The van der Waals surface area contributed by atoms with Gasteiger partial charge in [-0.1, -0.05) is 11.8 Å². The van der Waals surface area contributed by atoms with Crippen molar-refractivity contribution in [2.75, 3.05) is 19.5 Å². The Morgan fingerprint density at radius 3 is 2.96 bits per heavy atom. The monoisotopic (exact) mass is 341 g/mol. The lowest BCUT2D eigenvalue weighted by molar-refractivity contribution is 0.103. The van der Waals surface area contributed by atoms with Gasteiger partial charge in [0.05, 0.1) is 11.3 Å². The highest BCUT2D eigenvalue weighted by Gasteiger charge is 2.23. The van der Waals surface area contributed by atoms with Crippen molar-refractivity contribution in [2.45, 2.75) is 0 Å². The van der Waals surface area contributed by atoms with E-state index in [0.717, 1.165) is 12.1 Å². The molecule has 2 aromatic heterocycles. The zero-order valence-corrected chi connectivity index (χ0v) is 13.2. The van der Waals surface area contributed by atoms with E-state index in [0.29, 0.717) is 16.6 Å². The van der Waals surface area contributed by atoms with E-state index >= 15 is 0 Å². The number of ether oxygens (including phenoxy) is 1. The van der Waals surface area contributed by atoms with Crippen LogP contribution in [0.3, 0.4) is 0 Å². The maximum Gasteiger partial charge on any atom is 0.201 e. The molecule has 7 heteroatoms. The van der Waals surface area contributed by atoms with Crippen LogP contribution in [-0.4, -0.2) is 29.5 Å². The molecule has 0 radical (unpaired) electrons. The number of hydrogen-bond acceptors (Lipinski definition) is 4. The standard InChI is InChI=1S/C18H13F2N3O2/c1-25-6-2-3-10-7-11-12(9-23-18(11)22-8-10)17(24)15-13(19)4-5-14(21)16(15)20/h4-5,7-9H,6,21H2,1H3,(H,22,23). The number of hydrogen-bond donors (Lipinski definition) is 2. The zero-order chi connectivity index (χ0) is 18.0. The predicted octanol–water partition coefficient (Wildman–Crippen LogP) is 2.65. The van der Waals surface area contributed by atoms with Crippen LogP contribution in [0.1, 0.15) is 21.5 Å². The zero-order valence-electron chi connectivity index (χ0n) is 13.2. The van der Waals surface area contributed by atoms with Gasteiger partial charge in [-0.05, 0) is 18.2 Å². The molecule has 0 amide bonds. The quantitative estimate of drug-likeness (QED) is 0.436. The van der Waals surface area contributed by atoms with Gasteiger partial charge in [-0.3, -0.25) is 4.79 Å². The number of pyridine rings is 1. The van der Waals surface area contributed by atoms with Gasteiger partial charge in [0.25, 0.3) is 0 Å². The Morgan fingerprint density at radius 1 is 1.40 bits per heavy atom. The molecule has 0 fully saturated rings. The molecular formula is C18H13F2N3O2. The molecule has 0 aliphatic heterocycles. The molecule has 126 valence electrons. The van der Waals surface area contributed by atoms with Crippen molar-refractivity contribution in [3.05, 3.63) is 58.9 Å². The van der Waals surface area contributed by atoms with Gasteiger partial charge in [0.1, 0.15) is 18.1 Å². The lowest BCUT2D eigenvalue weighted by Gasteiger charge is -2.05. The Bertz CT molecular complexity index is 1030. The lowest BCUT2D eigenvalue weighted by atomic mass is 10.0. The third-order valence-electron chi connectivity index (χ3n) is 3.57. The highest BCUT2D eigenvalue weighted by Crippen LogP contribution is 2.25. The van der Waals surface area contributed by atoms with Crippen molar-refractivity contribution in [1.29, 1.82) is 0 Å². The number of aromatic amines is 1. The second-order valence-corrected chi connectivity index (χ2v) is 5.21. The van der Waals surface area contributed by atoms with Gasteiger partial charge in [0, 0.05) is 36.0 Å². The molecule has 1 aromatic carbocycles. The van der Waals surface area contributed by atoms with Crippen LogP contribution in [0.5, 0.6) is 0 Å². The molecule has 3 aromatic rings. The van der Waals surface area contributed by atoms with Crippen molar-refractivity contribution in [2.24, 2.45) is 0 Å². The van der Waals surface area contributed by atoms with E-state index in [-0.39, 0.29) is 17.9 Å². The summed E-state index contributed by atoms with van der Waals surface area (Å²) in [5.74, 6) is 2.73. The number of nitrogens with zero attached hydrogens (tertiary/aromatic N) is 1. The van der Waals surface area contributed by atoms with Crippen molar-refractivity contribution < 1.29 is 18.3 Å². The molecule has 0 aliphatic rings. The molecule has 3 rings (SSSR count). The van der Waals surface area contributed by atoms with Crippen LogP contribution in [-0.2, 0) is 4.74 Å². The topological polar surface area (TPSA) is 81.0 Å². The summed E-state index contributed by atoms with van der Waals surface area (Å²) in [6.45, 7) is 0.247. The minimum Gasteiger partial charge on any atom is -0.396 e. The predicted molar refractivity (Wildman–Crippen MR) is 89.1 cm³/mol. The Balaban J connectivity index is 2.10. The number of fused-ring (bicyclic) bond motifs is 1. The van der Waals surface area contributed by atoms with E-state index in [9.17, 15) is 13.6 Å². The van der Waals surface area contributed by atoms with Crippen molar-refractivity contribution >= 4 is 22.5 Å². The summed E-state index contributed by atoms with van der Waals surface area (Å²) < 4.78 is 33.0. The maximum atomic E-state index is 14.1. The van der Waals surface area contributed by atoms with Crippen LogP contribution in [0.15, 0.2) is 30.6 Å². The largest absolute Gasteiger partial charge is 0.396 e. The minimum atomic E-state index is -1.08. The van der Waals surface area contributed by atoms with E-state index in [1.54, 1.807) is 6.07 Å². The lowest BCUT2D eigenvalue weighted by Crippen LogP contribution is -2.09. The number of aromatic nitrogens is 2. The highest BCUT2D eigenvalue weighted by molar-refractivity contribution is 6.16. The number of rotatable bonds is 3. The summed E-state index contributed by atoms with van der Waals surface area (Å²) >= 11 is 0.